The van der Waals surface area contributed by atoms with E-state index in [1.54, 1.807) is 33.0 Å². The molecule has 2 aromatic heterocycles. The lowest BCUT2D eigenvalue weighted by Crippen LogP contribution is -2.40. The minimum absolute atomic E-state index is 0.00569. The van der Waals surface area contributed by atoms with E-state index in [9.17, 15) is 31.5 Å². The molecule has 0 aromatic carbocycles. The summed E-state index contributed by atoms with van der Waals surface area (Å²) in [5.74, 6) is -3.11. The third-order valence-electron chi connectivity index (χ3n) is 7.69. The van der Waals surface area contributed by atoms with Crippen LogP contribution in [0.5, 0.6) is 0 Å². The van der Waals surface area contributed by atoms with Gasteiger partial charge in [-0.15, -0.1) is 0 Å². The van der Waals surface area contributed by atoms with Gasteiger partial charge in [-0.2, -0.15) is 18.3 Å². The number of nitrogens with zero attached hydrogens (tertiary/aromatic N) is 4. The molecule has 0 spiro atoms. The van der Waals surface area contributed by atoms with Crippen molar-refractivity contribution in [3.05, 3.63) is 29.7 Å². The van der Waals surface area contributed by atoms with E-state index < -0.39 is 54.5 Å². The Balaban J connectivity index is 1.43. The highest BCUT2D eigenvalue weighted by Gasteiger charge is 2.49. The molecule has 3 aliphatic rings. The van der Waals surface area contributed by atoms with Gasteiger partial charge in [-0.3, -0.25) is 0 Å². The van der Waals surface area contributed by atoms with E-state index in [4.69, 9.17) is 9.47 Å². The summed E-state index contributed by atoms with van der Waals surface area (Å²) in [6.07, 6.45) is -0.966. The molecule has 3 atom stereocenters. The fraction of sp³-hybridized carbons (Fsp3) is 0.704. The first-order valence-corrected chi connectivity index (χ1v) is 14.1. The summed E-state index contributed by atoms with van der Waals surface area (Å²) in [4.78, 5) is 31.0. The topological polar surface area (TPSA) is 110 Å². The zero-order valence-corrected chi connectivity index (χ0v) is 23.6. The number of hydrogen-bond donors (Lipinski definition) is 2. The second-order valence-corrected chi connectivity index (χ2v) is 12.3. The molecule has 0 unspecified atom stereocenters. The van der Waals surface area contributed by atoms with Crippen molar-refractivity contribution in [2.75, 3.05) is 13.2 Å². The number of rotatable bonds is 8. The average Bonchev–Trinajstić information content (AvgIpc) is 3.47. The summed E-state index contributed by atoms with van der Waals surface area (Å²) in [5, 5.41) is 9.16. The number of carbonyl (C=O) groups is 2. The van der Waals surface area contributed by atoms with E-state index in [1.165, 1.54) is 10.7 Å². The molecular formula is C27H35F5N6O4. The Bertz CT molecular complexity index is 1300. The highest BCUT2D eigenvalue weighted by atomic mass is 19.4. The number of urea groups is 1. The molecule has 232 valence electrons. The van der Waals surface area contributed by atoms with Gasteiger partial charge in [0.25, 0.3) is 0 Å². The predicted molar refractivity (Wildman–Crippen MR) is 139 cm³/mol. The lowest BCUT2D eigenvalue weighted by Gasteiger charge is -2.33. The van der Waals surface area contributed by atoms with Crippen LogP contribution in [0, 0.1) is 5.92 Å². The molecule has 0 bridgehead atoms. The van der Waals surface area contributed by atoms with Gasteiger partial charge < -0.3 is 25.0 Å². The van der Waals surface area contributed by atoms with E-state index in [1.807, 2.05) is 5.32 Å². The van der Waals surface area contributed by atoms with Crippen molar-refractivity contribution >= 4 is 17.8 Å². The lowest BCUT2D eigenvalue weighted by atomic mass is 9.81. The fourth-order valence-electron chi connectivity index (χ4n) is 5.34. The van der Waals surface area contributed by atoms with E-state index in [0.717, 1.165) is 17.7 Å². The Morgan fingerprint density at radius 1 is 1.19 bits per heavy atom. The Kier molecular flexibility index (Phi) is 8.00. The number of amides is 3. The Labute approximate surface area is 239 Å². The average molecular weight is 603 g/mol. The number of fused-ring (bicyclic) bond motifs is 1. The van der Waals surface area contributed by atoms with Gasteiger partial charge in [0.1, 0.15) is 11.6 Å². The summed E-state index contributed by atoms with van der Waals surface area (Å²) in [6, 6.07) is -2.86. The van der Waals surface area contributed by atoms with Crippen molar-refractivity contribution < 1.29 is 41.0 Å². The number of hydrogen-bond acceptors (Lipinski definition) is 6. The molecule has 2 N–H and O–H groups in total. The molecule has 2 saturated carbocycles. The number of aromatic nitrogens is 3. The molecule has 0 radical (unpaired) electrons. The Morgan fingerprint density at radius 3 is 2.48 bits per heavy atom. The number of imidazole rings is 1. The molecule has 1 aliphatic heterocycles. The smallest absolute Gasteiger partial charge is 0.410 e. The van der Waals surface area contributed by atoms with Crippen LogP contribution in [0.3, 0.4) is 0 Å². The minimum atomic E-state index is -4.61. The maximum absolute atomic E-state index is 13.9. The van der Waals surface area contributed by atoms with E-state index in [-0.39, 0.29) is 44.3 Å². The lowest BCUT2D eigenvalue weighted by molar-refractivity contribution is -0.150. The zero-order valence-electron chi connectivity index (χ0n) is 23.6. The van der Waals surface area contributed by atoms with Crippen LogP contribution >= 0.6 is 0 Å². The number of alkyl carbamates (subject to hydrolysis) is 1. The maximum Gasteiger partial charge on any atom is 0.410 e. The second kappa shape index (κ2) is 11.1. The van der Waals surface area contributed by atoms with Gasteiger partial charge in [0.05, 0.1) is 49.4 Å². The number of carbonyl (C=O) groups excluding carboxylic acids is 2. The Hall–Kier alpha value is -3.23. The maximum atomic E-state index is 13.9. The van der Waals surface area contributed by atoms with Gasteiger partial charge in [-0.1, -0.05) is 0 Å². The van der Waals surface area contributed by atoms with Crippen LogP contribution in [0.1, 0.15) is 82.6 Å². The van der Waals surface area contributed by atoms with Gasteiger partial charge in [0.15, 0.2) is 5.65 Å². The zero-order chi connectivity index (χ0) is 30.4. The van der Waals surface area contributed by atoms with Crippen molar-refractivity contribution in [3.8, 4) is 0 Å². The van der Waals surface area contributed by atoms with Crippen LogP contribution in [-0.2, 0) is 9.47 Å². The first-order chi connectivity index (χ1) is 19.6. The summed E-state index contributed by atoms with van der Waals surface area (Å²) in [7, 11) is 0. The third-order valence-corrected chi connectivity index (χ3v) is 7.69. The van der Waals surface area contributed by atoms with Crippen molar-refractivity contribution in [2.45, 2.75) is 101 Å². The number of ether oxygens (including phenoxy) is 2. The first-order valence-electron chi connectivity index (χ1n) is 14.1. The molecule has 10 nitrogen and oxygen atoms in total. The molecule has 2 aromatic rings. The first kappa shape index (κ1) is 30.2. The minimum Gasteiger partial charge on any atom is -0.444 e. The number of nitrogens with one attached hydrogen (secondary N) is 2. The molecule has 15 heteroatoms. The van der Waals surface area contributed by atoms with Crippen molar-refractivity contribution in [3.63, 3.8) is 0 Å². The molecule has 1 saturated heterocycles. The highest BCUT2D eigenvalue weighted by Crippen LogP contribution is 2.41. The van der Waals surface area contributed by atoms with Gasteiger partial charge in [-0.25, -0.2) is 27.9 Å². The second-order valence-electron chi connectivity index (χ2n) is 12.3. The van der Waals surface area contributed by atoms with Crippen LogP contribution in [0.25, 0.3) is 5.65 Å². The van der Waals surface area contributed by atoms with Crippen molar-refractivity contribution in [1.29, 1.82) is 0 Å². The van der Waals surface area contributed by atoms with Gasteiger partial charge >= 0.3 is 18.3 Å². The molecule has 2 aliphatic carbocycles. The van der Waals surface area contributed by atoms with E-state index in [2.05, 4.69) is 15.4 Å². The highest BCUT2D eigenvalue weighted by molar-refractivity contribution is 5.77. The summed E-state index contributed by atoms with van der Waals surface area (Å²) in [5.41, 5.74) is 0.325. The molecule has 3 fully saturated rings. The quantitative estimate of drug-likeness (QED) is 0.397. The van der Waals surface area contributed by atoms with E-state index in [0.29, 0.717) is 16.9 Å². The largest absolute Gasteiger partial charge is 0.444 e. The predicted octanol–water partition coefficient (Wildman–Crippen LogP) is 5.30. The summed E-state index contributed by atoms with van der Waals surface area (Å²) in [6.45, 7) is 4.52. The summed E-state index contributed by atoms with van der Waals surface area (Å²) >= 11 is 0. The van der Waals surface area contributed by atoms with Gasteiger partial charge in [0, 0.05) is 18.4 Å². The molecule has 42 heavy (non-hydrogen) atoms. The number of halogens is 5. The normalized spacial score (nSPS) is 23.1. The third kappa shape index (κ3) is 7.21. The molecular weight excluding hydrogens is 567 g/mol. The molecule has 3 amide bonds. The van der Waals surface area contributed by atoms with Crippen LogP contribution in [0.4, 0.5) is 31.5 Å². The molecule has 3 heterocycles. The van der Waals surface area contributed by atoms with Gasteiger partial charge in [-0.05, 0) is 58.4 Å². The van der Waals surface area contributed by atoms with Crippen LogP contribution < -0.4 is 10.6 Å². The molecule has 5 rings (SSSR count). The number of alkyl halides is 5. The van der Waals surface area contributed by atoms with Crippen molar-refractivity contribution in [1.82, 2.24) is 30.1 Å². The van der Waals surface area contributed by atoms with Gasteiger partial charge in [0.2, 0.25) is 5.92 Å². The summed E-state index contributed by atoms with van der Waals surface area (Å²) < 4.78 is 80.7. The van der Waals surface area contributed by atoms with Crippen LogP contribution in [0.15, 0.2) is 18.5 Å². The Morgan fingerprint density at radius 2 is 1.88 bits per heavy atom. The standard InChI is InChI=1S/C27H35F5N6O4/c1-25(2,3)42-24(40)36-22(15-6-8-26(28,29)9-7-15)18-12-38-21(34-18)10-16(11-33-38)19(14-41-17-4-5-17)37-13-20(27(30,31)32)35-23(37)39/h10-12,15,17,19-20,22H,4-9,13-14H2,1-3H3,(H,35,39)(H,36,40)/t19-,20+,22+/m1/s1. The monoisotopic (exact) mass is 602 g/mol. The SMILES string of the molecule is CC(C)(C)OC(=O)N[C@H](c1cn2ncc([C@@H](COC3CC3)N3C[C@@H](C(F)(F)F)NC3=O)cc2n1)C1CCC(F)(F)CC1. The van der Waals surface area contributed by atoms with Crippen molar-refractivity contribution in [2.24, 2.45) is 5.92 Å². The fourth-order valence-corrected chi connectivity index (χ4v) is 5.34. The van der Waals surface area contributed by atoms with E-state index >= 15 is 0 Å². The van der Waals surface area contributed by atoms with Crippen LogP contribution in [0.2, 0.25) is 0 Å². The van der Waals surface area contributed by atoms with Crippen LogP contribution in [-0.4, -0.2) is 74.6 Å².